The van der Waals surface area contributed by atoms with Crippen molar-refractivity contribution in [1.29, 1.82) is 0 Å². The van der Waals surface area contributed by atoms with Crippen molar-refractivity contribution in [2.45, 2.75) is 0 Å². The standard InChI is InChI=1S/C9H10N2O4/c1-11-5-6(3-4-7(12)15-2)8(13)10-9(11)14/h3-5H,1-2H3,(H,10,13,14). The van der Waals surface area contributed by atoms with Crippen LogP contribution in [0.5, 0.6) is 0 Å². The fraction of sp³-hybridized carbons (Fsp3) is 0.222. The Kier molecular flexibility index (Phi) is 3.22. The van der Waals surface area contributed by atoms with E-state index in [1.165, 1.54) is 31.0 Å². The first kappa shape index (κ1) is 11.0. The van der Waals surface area contributed by atoms with Crippen molar-refractivity contribution in [2.75, 3.05) is 7.11 Å². The van der Waals surface area contributed by atoms with Crippen LogP contribution in [0.1, 0.15) is 5.56 Å². The lowest BCUT2D eigenvalue weighted by atomic mass is 10.3. The summed E-state index contributed by atoms with van der Waals surface area (Å²) < 4.78 is 5.57. The van der Waals surface area contributed by atoms with E-state index in [-0.39, 0.29) is 5.56 Å². The van der Waals surface area contributed by atoms with Gasteiger partial charge in [-0.05, 0) is 6.08 Å². The van der Waals surface area contributed by atoms with Crippen LogP contribution in [-0.2, 0) is 16.6 Å². The number of carbonyl (C=O) groups is 1. The van der Waals surface area contributed by atoms with E-state index < -0.39 is 17.2 Å². The van der Waals surface area contributed by atoms with Gasteiger partial charge in [-0.2, -0.15) is 0 Å². The Morgan fingerprint density at radius 3 is 2.80 bits per heavy atom. The van der Waals surface area contributed by atoms with Crippen molar-refractivity contribution >= 4 is 12.0 Å². The van der Waals surface area contributed by atoms with Gasteiger partial charge in [0.05, 0.1) is 12.7 Å². The molecule has 0 radical (unpaired) electrons. The molecule has 0 aliphatic carbocycles. The van der Waals surface area contributed by atoms with Crippen molar-refractivity contribution in [3.63, 3.8) is 0 Å². The van der Waals surface area contributed by atoms with Gasteiger partial charge in [0.15, 0.2) is 0 Å². The predicted molar refractivity (Wildman–Crippen MR) is 53.4 cm³/mol. The maximum atomic E-state index is 11.2. The van der Waals surface area contributed by atoms with Gasteiger partial charge in [-0.15, -0.1) is 0 Å². The number of hydrogen-bond donors (Lipinski definition) is 1. The lowest BCUT2D eigenvalue weighted by Gasteiger charge is -1.97. The summed E-state index contributed by atoms with van der Waals surface area (Å²) in [6.07, 6.45) is 3.72. The molecule has 6 nitrogen and oxygen atoms in total. The Labute approximate surface area is 84.8 Å². The van der Waals surface area contributed by atoms with Gasteiger partial charge in [0, 0.05) is 19.3 Å². The maximum absolute atomic E-state index is 11.2. The maximum Gasteiger partial charge on any atom is 0.330 e. The monoisotopic (exact) mass is 210 g/mol. The number of esters is 1. The van der Waals surface area contributed by atoms with E-state index in [1.807, 2.05) is 0 Å². The first-order chi connectivity index (χ1) is 7.04. The molecule has 1 rings (SSSR count). The van der Waals surface area contributed by atoms with Crippen molar-refractivity contribution in [3.8, 4) is 0 Å². The lowest BCUT2D eigenvalue weighted by molar-refractivity contribution is -0.134. The first-order valence-corrected chi connectivity index (χ1v) is 4.10. The molecule has 1 heterocycles. The summed E-state index contributed by atoms with van der Waals surface area (Å²) in [7, 11) is 2.73. The van der Waals surface area contributed by atoms with Gasteiger partial charge in [0.25, 0.3) is 5.56 Å². The van der Waals surface area contributed by atoms with Crippen LogP contribution in [-0.4, -0.2) is 22.6 Å². The Bertz CT molecular complexity index is 510. The number of carbonyl (C=O) groups excluding carboxylic acids is 1. The molecule has 0 spiro atoms. The van der Waals surface area contributed by atoms with Crippen molar-refractivity contribution < 1.29 is 9.53 Å². The van der Waals surface area contributed by atoms with Crippen LogP contribution < -0.4 is 11.2 Å². The number of aryl methyl sites for hydroxylation is 1. The van der Waals surface area contributed by atoms with Gasteiger partial charge in [-0.1, -0.05) is 0 Å². The molecule has 0 aliphatic heterocycles. The van der Waals surface area contributed by atoms with Crippen LogP contribution in [0.15, 0.2) is 21.9 Å². The second kappa shape index (κ2) is 4.41. The molecular weight excluding hydrogens is 200 g/mol. The predicted octanol–water partition coefficient (Wildman–Crippen LogP) is -0.740. The minimum Gasteiger partial charge on any atom is -0.466 e. The summed E-state index contributed by atoms with van der Waals surface area (Å²) in [5.41, 5.74) is -0.837. The average molecular weight is 210 g/mol. The molecule has 0 atom stereocenters. The minimum absolute atomic E-state index is 0.211. The van der Waals surface area contributed by atoms with E-state index in [4.69, 9.17) is 0 Å². The van der Waals surface area contributed by atoms with E-state index in [0.717, 1.165) is 6.08 Å². The average Bonchev–Trinajstić information content (AvgIpc) is 2.21. The molecule has 0 saturated heterocycles. The first-order valence-electron chi connectivity index (χ1n) is 4.10. The topological polar surface area (TPSA) is 81.2 Å². The van der Waals surface area contributed by atoms with Crippen LogP contribution in [0, 0.1) is 0 Å². The smallest absolute Gasteiger partial charge is 0.330 e. The normalized spacial score (nSPS) is 10.5. The number of aromatic nitrogens is 2. The molecule has 0 saturated carbocycles. The number of nitrogens with zero attached hydrogens (tertiary/aromatic N) is 1. The quantitative estimate of drug-likeness (QED) is 0.515. The highest BCUT2D eigenvalue weighted by Crippen LogP contribution is 1.91. The summed E-state index contributed by atoms with van der Waals surface area (Å²) in [5.74, 6) is -0.566. The van der Waals surface area contributed by atoms with Crippen LogP contribution in [0.4, 0.5) is 0 Å². The summed E-state index contributed by atoms with van der Waals surface area (Å²) in [6, 6.07) is 0. The van der Waals surface area contributed by atoms with E-state index in [9.17, 15) is 14.4 Å². The third kappa shape index (κ3) is 2.67. The van der Waals surface area contributed by atoms with E-state index in [1.54, 1.807) is 0 Å². The zero-order valence-corrected chi connectivity index (χ0v) is 8.31. The summed E-state index contributed by atoms with van der Waals surface area (Å²) in [5, 5.41) is 0. The number of aromatic amines is 1. The third-order valence-corrected chi connectivity index (χ3v) is 1.74. The van der Waals surface area contributed by atoms with Gasteiger partial charge in [0.2, 0.25) is 0 Å². The molecule has 0 amide bonds. The number of H-pyrrole nitrogens is 1. The Morgan fingerprint density at radius 2 is 2.20 bits per heavy atom. The minimum atomic E-state index is -0.566. The molecule has 1 N–H and O–H groups in total. The molecule has 15 heavy (non-hydrogen) atoms. The Balaban J connectivity index is 3.12. The van der Waals surface area contributed by atoms with Crippen LogP contribution in [0.2, 0.25) is 0 Å². The van der Waals surface area contributed by atoms with Crippen LogP contribution in [0.25, 0.3) is 6.08 Å². The number of rotatable bonds is 2. The molecule has 0 aromatic carbocycles. The fourth-order valence-electron chi connectivity index (χ4n) is 0.928. The van der Waals surface area contributed by atoms with Gasteiger partial charge < -0.3 is 9.30 Å². The Morgan fingerprint density at radius 1 is 1.53 bits per heavy atom. The van der Waals surface area contributed by atoms with E-state index >= 15 is 0 Å². The van der Waals surface area contributed by atoms with Crippen LogP contribution in [0.3, 0.4) is 0 Å². The molecule has 1 aromatic rings. The second-order valence-electron chi connectivity index (χ2n) is 2.81. The van der Waals surface area contributed by atoms with E-state index in [2.05, 4.69) is 9.72 Å². The molecule has 0 fully saturated rings. The summed E-state index contributed by atoms with van der Waals surface area (Å²) >= 11 is 0. The van der Waals surface area contributed by atoms with Crippen LogP contribution >= 0.6 is 0 Å². The van der Waals surface area contributed by atoms with Gasteiger partial charge >= 0.3 is 11.7 Å². The molecule has 1 aromatic heterocycles. The fourth-order valence-corrected chi connectivity index (χ4v) is 0.928. The molecular formula is C9H10N2O4. The zero-order chi connectivity index (χ0) is 11.4. The number of nitrogens with one attached hydrogen (secondary N) is 1. The molecule has 6 heteroatoms. The highest BCUT2D eigenvalue weighted by molar-refractivity contribution is 5.86. The molecule has 0 bridgehead atoms. The molecule has 0 unspecified atom stereocenters. The second-order valence-corrected chi connectivity index (χ2v) is 2.81. The third-order valence-electron chi connectivity index (χ3n) is 1.74. The van der Waals surface area contributed by atoms with E-state index in [0.29, 0.717) is 0 Å². The highest BCUT2D eigenvalue weighted by atomic mass is 16.5. The highest BCUT2D eigenvalue weighted by Gasteiger charge is 1.99. The number of hydrogen-bond acceptors (Lipinski definition) is 4. The van der Waals surface area contributed by atoms with Gasteiger partial charge in [-0.3, -0.25) is 9.78 Å². The van der Waals surface area contributed by atoms with Crippen molar-refractivity contribution in [3.05, 3.63) is 38.7 Å². The lowest BCUT2D eigenvalue weighted by Crippen LogP contribution is -2.28. The summed E-state index contributed by atoms with van der Waals surface area (Å²) in [6.45, 7) is 0. The number of ether oxygens (including phenoxy) is 1. The zero-order valence-electron chi connectivity index (χ0n) is 8.31. The summed E-state index contributed by atoms with van der Waals surface area (Å²) in [4.78, 5) is 35.1. The van der Waals surface area contributed by atoms with Gasteiger partial charge in [0.1, 0.15) is 0 Å². The van der Waals surface area contributed by atoms with Crippen molar-refractivity contribution in [2.24, 2.45) is 7.05 Å². The van der Waals surface area contributed by atoms with Gasteiger partial charge in [-0.25, -0.2) is 9.59 Å². The molecule has 0 aliphatic rings. The Hall–Kier alpha value is -2.11. The van der Waals surface area contributed by atoms with Crippen molar-refractivity contribution in [1.82, 2.24) is 9.55 Å². The molecule has 80 valence electrons. The SMILES string of the molecule is COC(=O)C=Cc1cn(C)c(=O)[nH]c1=O. The largest absolute Gasteiger partial charge is 0.466 e. The number of methoxy groups -OCH3 is 1.